The minimum atomic E-state index is -1.62. The minimum Gasteiger partial charge on any atom is -0.454 e. The molecule has 0 spiro atoms. The first kappa shape index (κ1) is 75.4. The highest BCUT2D eigenvalue weighted by molar-refractivity contribution is 5.80. The molecule has 1 aliphatic rings. The van der Waals surface area contributed by atoms with Gasteiger partial charge in [0, 0.05) is 6.42 Å². The van der Waals surface area contributed by atoms with Gasteiger partial charge in [-0.15, -0.1) is 0 Å². The van der Waals surface area contributed by atoms with E-state index in [4.69, 9.17) is 14.2 Å². The normalized spacial score (nSPS) is 19.1. The van der Waals surface area contributed by atoms with Crippen LogP contribution in [0.5, 0.6) is 0 Å². The molecule has 11 nitrogen and oxygen atoms in total. The molecule has 0 radical (unpaired) electrons. The van der Waals surface area contributed by atoms with Crippen LogP contribution in [0.25, 0.3) is 0 Å². The van der Waals surface area contributed by atoms with Crippen molar-refractivity contribution >= 4 is 11.9 Å². The summed E-state index contributed by atoms with van der Waals surface area (Å²) in [5.74, 6) is -1.20. The highest BCUT2D eigenvalue weighted by atomic mass is 16.7. The molecule has 1 fully saturated rings. The van der Waals surface area contributed by atoms with Gasteiger partial charge in [-0.2, -0.15) is 0 Å². The van der Waals surface area contributed by atoms with Gasteiger partial charge < -0.3 is 45.1 Å². The number of esters is 1. The number of rotatable bonds is 57. The Kier molecular flexibility index (Phi) is 53.5. The number of amides is 1. The summed E-state index contributed by atoms with van der Waals surface area (Å²) in [6.45, 7) is 5.68. The minimum absolute atomic E-state index is 0.114. The third-order valence-corrected chi connectivity index (χ3v) is 15.7. The number of allylic oxidation sites excluding steroid dienone is 9. The fourth-order valence-electron chi connectivity index (χ4n) is 10.4. The molecule has 80 heavy (non-hydrogen) atoms. The average molecular weight is 1130 g/mol. The first-order valence-corrected chi connectivity index (χ1v) is 33.6. The van der Waals surface area contributed by atoms with Crippen molar-refractivity contribution in [3.63, 3.8) is 0 Å². The summed E-state index contributed by atoms with van der Waals surface area (Å²) in [6, 6.07) is -1.03. The number of aliphatic hydroxyl groups is 5. The van der Waals surface area contributed by atoms with Gasteiger partial charge in [0.25, 0.3) is 0 Å². The first-order valence-electron chi connectivity index (χ1n) is 33.6. The summed E-state index contributed by atoms with van der Waals surface area (Å²) in [5, 5.41) is 57.1. The van der Waals surface area contributed by atoms with E-state index in [0.29, 0.717) is 19.3 Å². The Morgan fingerprint density at radius 3 is 1.36 bits per heavy atom. The lowest BCUT2D eigenvalue weighted by atomic mass is 9.99. The van der Waals surface area contributed by atoms with E-state index in [0.717, 1.165) is 89.9 Å². The van der Waals surface area contributed by atoms with Crippen LogP contribution in [0.3, 0.4) is 0 Å². The largest absolute Gasteiger partial charge is 0.454 e. The van der Waals surface area contributed by atoms with Crippen LogP contribution in [-0.2, 0) is 23.8 Å². The van der Waals surface area contributed by atoms with Crippen LogP contribution in [0.2, 0.25) is 0 Å². The van der Waals surface area contributed by atoms with E-state index in [-0.39, 0.29) is 13.0 Å². The molecule has 11 heteroatoms. The number of carbonyl (C=O) groups is 2. The molecule has 0 aromatic rings. The van der Waals surface area contributed by atoms with Gasteiger partial charge in [-0.25, -0.2) is 0 Å². The number of carbonyl (C=O) groups excluding carboxylic acids is 2. The molecule has 6 N–H and O–H groups in total. The van der Waals surface area contributed by atoms with Gasteiger partial charge in [0.1, 0.15) is 24.4 Å². The lowest BCUT2D eigenvalue weighted by Crippen LogP contribution is -2.61. The molecule has 8 unspecified atom stereocenters. The van der Waals surface area contributed by atoms with E-state index >= 15 is 0 Å². The number of hydrogen-bond donors (Lipinski definition) is 6. The van der Waals surface area contributed by atoms with Gasteiger partial charge in [0.15, 0.2) is 12.4 Å². The Balaban J connectivity index is 2.60. The highest BCUT2D eigenvalue weighted by Gasteiger charge is 2.47. The van der Waals surface area contributed by atoms with E-state index in [1.54, 1.807) is 6.08 Å². The van der Waals surface area contributed by atoms with Gasteiger partial charge >= 0.3 is 5.97 Å². The lowest BCUT2D eigenvalue weighted by molar-refractivity contribution is -0.305. The van der Waals surface area contributed by atoms with Crippen molar-refractivity contribution in [3.05, 3.63) is 60.8 Å². The second kappa shape index (κ2) is 56.8. The molecule has 0 saturated carbocycles. The van der Waals surface area contributed by atoms with Gasteiger partial charge in [-0.3, -0.25) is 9.59 Å². The van der Waals surface area contributed by atoms with E-state index in [1.165, 1.54) is 167 Å². The second-order valence-electron chi connectivity index (χ2n) is 23.2. The number of nitrogens with one attached hydrogen (secondary N) is 1. The Labute approximate surface area is 490 Å². The van der Waals surface area contributed by atoms with E-state index in [2.05, 4.69) is 74.7 Å². The van der Waals surface area contributed by atoms with Crippen molar-refractivity contribution in [1.82, 2.24) is 5.32 Å². The Morgan fingerprint density at radius 2 is 0.900 bits per heavy atom. The standard InChI is InChI=1S/C69H125NO10/c1-4-7-10-13-16-19-22-25-27-28-29-30-31-32-33-34-35-36-38-41-44-47-50-53-56-62(73)68(77)70-60(61(72)55-52-49-46-43-40-37-24-21-18-15-12-9-6-3)59-78-69-67(66(76)65(75)63(58-71)79-69)80-64(74)57-54-51-48-45-42-39-26-23-20-17-14-11-8-5-2/h8,11,16-17,19-20,25,27,52,55,60-63,65-67,69,71-73,75-76H,4-7,9-10,12-15,18,21-24,26,28-51,53-54,56-59H2,1-3H3,(H,70,77)/b11-8+,19-16-,20-17+,27-25-,55-52+. The Morgan fingerprint density at radius 1 is 0.500 bits per heavy atom. The molecule has 0 aromatic carbocycles. The lowest BCUT2D eigenvalue weighted by Gasteiger charge is -2.41. The molecule has 1 amide bonds. The van der Waals surface area contributed by atoms with Crippen molar-refractivity contribution in [2.24, 2.45) is 0 Å². The molecule has 0 aliphatic carbocycles. The summed E-state index contributed by atoms with van der Waals surface area (Å²) in [5.41, 5.74) is 0. The third-order valence-electron chi connectivity index (χ3n) is 15.7. The van der Waals surface area contributed by atoms with Crippen LogP contribution in [0.1, 0.15) is 303 Å². The summed E-state index contributed by atoms with van der Waals surface area (Å²) < 4.78 is 17.6. The summed E-state index contributed by atoms with van der Waals surface area (Å²) >= 11 is 0. The van der Waals surface area contributed by atoms with E-state index in [1.807, 2.05) is 6.08 Å². The SMILES string of the molecule is CC/C=C/C/C=C/CCCCCCCCCC(=O)OC1C(OCC(NC(=O)C(O)CCCCCCCCCCCCCCCC/C=C\C/C=C\CCCCC)C(O)/C=C/CCCCCCCCCCCCC)OC(CO)C(O)C1O. The number of aliphatic hydroxyl groups excluding tert-OH is 5. The Hall–Kier alpha value is -2.64. The summed E-state index contributed by atoms with van der Waals surface area (Å²) in [6.07, 6.45) is 61.2. The van der Waals surface area contributed by atoms with Crippen molar-refractivity contribution in [2.45, 2.75) is 352 Å². The smallest absolute Gasteiger partial charge is 0.306 e. The number of hydrogen-bond acceptors (Lipinski definition) is 10. The zero-order valence-electron chi connectivity index (χ0n) is 51.7. The molecule has 1 aliphatic heterocycles. The number of ether oxygens (including phenoxy) is 3. The first-order chi connectivity index (χ1) is 39.2. The Bertz CT molecular complexity index is 1530. The predicted octanol–water partition coefficient (Wildman–Crippen LogP) is 16.6. The monoisotopic (exact) mass is 1130 g/mol. The van der Waals surface area contributed by atoms with Crippen LogP contribution in [0.15, 0.2) is 60.8 Å². The van der Waals surface area contributed by atoms with Crippen molar-refractivity contribution in [3.8, 4) is 0 Å². The quantitative estimate of drug-likeness (QED) is 0.0195. The fraction of sp³-hybridized carbons (Fsp3) is 0.826. The van der Waals surface area contributed by atoms with Crippen molar-refractivity contribution < 1.29 is 49.3 Å². The summed E-state index contributed by atoms with van der Waals surface area (Å²) in [7, 11) is 0. The van der Waals surface area contributed by atoms with Crippen LogP contribution < -0.4 is 5.32 Å². The van der Waals surface area contributed by atoms with Crippen LogP contribution in [0, 0.1) is 0 Å². The van der Waals surface area contributed by atoms with Crippen LogP contribution in [-0.4, -0.2) is 99.6 Å². The van der Waals surface area contributed by atoms with Gasteiger partial charge in [-0.05, 0) is 83.5 Å². The average Bonchev–Trinajstić information content (AvgIpc) is 3.53. The molecule has 0 aromatic heterocycles. The third kappa shape index (κ3) is 44.0. The van der Waals surface area contributed by atoms with Crippen molar-refractivity contribution in [1.29, 1.82) is 0 Å². The van der Waals surface area contributed by atoms with Gasteiger partial charge in [0.2, 0.25) is 5.91 Å². The van der Waals surface area contributed by atoms with E-state index < -0.39 is 67.4 Å². The molecular formula is C69H125NO10. The maximum Gasteiger partial charge on any atom is 0.306 e. The maximum atomic E-state index is 13.5. The molecular weight excluding hydrogens is 1000 g/mol. The molecule has 1 heterocycles. The molecule has 8 atom stereocenters. The zero-order valence-corrected chi connectivity index (χ0v) is 51.7. The zero-order chi connectivity index (χ0) is 58.2. The highest BCUT2D eigenvalue weighted by Crippen LogP contribution is 2.26. The molecule has 466 valence electrons. The fourth-order valence-corrected chi connectivity index (χ4v) is 10.4. The molecule has 1 rings (SSSR count). The molecule has 0 bridgehead atoms. The second-order valence-corrected chi connectivity index (χ2v) is 23.2. The summed E-state index contributed by atoms with van der Waals surface area (Å²) in [4.78, 5) is 26.6. The van der Waals surface area contributed by atoms with Gasteiger partial charge in [-0.1, -0.05) is 274 Å². The molecule has 1 saturated heterocycles. The topological polar surface area (TPSA) is 175 Å². The van der Waals surface area contributed by atoms with E-state index in [9.17, 15) is 35.1 Å². The predicted molar refractivity (Wildman–Crippen MR) is 333 cm³/mol. The van der Waals surface area contributed by atoms with Crippen LogP contribution in [0.4, 0.5) is 0 Å². The van der Waals surface area contributed by atoms with Gasteiger partial charge in [0.05, 0.1) is 25.4 Å². The maximum absolute atomic E-state index is 13.5. The van der Waals surface area contributed by atoms with Crippen LogP contribution >= 0.6 is 0 Å². The van der Waals surface area contributed by atoms with Crippen molar-refractivity contribution in [2.75, 3.05) is 13.2 Å². The number of unbranched alkanes of at least 4 members (excludes halogenated alkanes) is 35.